The summed E-state index contributed by atoms with van der Waals surface area (Å²) in [6.07, 6.45) is 4.69. The van der Waals surface area contributed by atoms with E-state index in [1.807, 2.05) is 10.7 Å². The standard InChI is InChI=1S/C17H22BrFN4O/c1-17(2,10-18)11-23-15(5-6-21-23)22-7-3-4-14(22)13-8-12(19)9-20-16(13)24/h5-6,8-9,14H,3-4,7,10-11H2,1-2H3,(H,20,24)/t14-/m1/s1. The summed E-state index contributed by atoms with van der Waals surface area (Å²) in [5.41, 5.74) is 0.326. The Kier molecular flexibility index (Phi) is 4.80. The number of anilines is 1. The van der Waals surface area contributed by atoms with Crippen molar-refractivity contribution >= 4 is 21.7 Å². The Labute approximate surface area is 149 Å². The lowest BCUT2D eigenvalue weighted by molar-refractivity contribution is 0.335. The molecule has 0 radical (unpaired) electrons. The molecule has 7 heteroatoms. The third kappa shape index (κ3) is 3.41. The van der Waals surface area contributed by atoms with Crippen LogP contribution in [0.1, 0.15) is 38.3 Å². The van der Waals surface area contributed by atoms with Crippen molar-refractivity contribution in [1.82, 2.24) is 14.8 Å². The van der Waals surface area contributed by atoms with E-state index in [0.29, 0.717) is 5.56 Å². The molecule has 1 atom stereocenters. The number of pyridine rings is 1. The van der Waals surface area contributed by atoms with Gasteiger partial charge < -0.3 is 9.88 Å². The van der Waals surface area contributed by atoms with E-state index in [1.54, 1.807) is 6.20 Å². The minimum atomic E-state index is -0.412. The summed E-state index contributed by atoms with van der Waals surface area (Å²) < 4.78 is 15.6. The fraction of sp³-hybridized carbons (Fsp3) is 0.529. The molecule has 3 heterocycles. The van der Waals surface area contributed by atoms with Gasteiger partial charge in [-0.15, -0.1) is 0 Å². The monoisotopic (exact) mass is 396 g/mol. The zero-order chi connectivity index (χ0) is 17.3. The first-order valence-corrected chi connectivity index (χ1v) is 9.26. The van der Waals surface area contributed by atoms with Crippen LogP contribution in [-0.4, -0.2) is 26.6 Å². The Morgan fingerprint density at radius 2 is 2.29 bits per heavy atom. The lowest BCUT2D eigenvalue weighted by Crippen LogP contribution is -2.31. The summed E-state index contributed by atoms with van der Waals surface area (Å²) >= 11 is 3.55. The Morgan fingerprint density at radius 1 is 1.50 bits per heavy atom. The summed E-state index contributed by atoms with van der Waals surface area (Å²) in [6.45, 7) is 5.95. The molecule has 0 saturated carbocycles. The Hall–Kier alpha value is -1.63. The molecule has 0 spiro atoms. The Morgan fingerprint density at radius 3 is 3.04 bits per heavy atom. The van der Waals surface area contributed by atoms with E-state index in [1.165, 1.54) is 6.07 Å². The van der Waals surface area contributed by atoms with Crippen LogP contribution in [0.5, 0.6) is 0 Å². The van der Waals surface area contributed by atoms with Gasteiger partial charge >= 0.3 is 0 Å². The number of hydrogen-bond donors (Lipinski definition) is 1. The van der Waals surface area contributed by atoms with E-state index in [0.717, 1.165) is 43.3 Å². The third-order valence-electron chi connectivity index (χ3n) is 4.44. The second-order valence-corrected chi connectivity index (χ2v) is 7.66. The molecule has 1 fully saturated rings. The van der Waals surface area contributed by atoms with E-state index in [9.17, 15) is 9.18 Å². The van der Waals surface area contributed by atoms with Gasteiger partial charge in [-0.25, -0.2) is 9.07 Å². The Balaban J connectivity index is 1.93. The molecule has 2 aromatic heterocycles. The van der Waals surface area contributed by atoms with Gasteiger partial charge in [-0.2, -0.15) is 5.10 Å². The maximum atomic E-state index is 13.6. The average molecular weight is 397 g/mol. The van der Waals surface area contributed by atoms with Crippen molar-refractivity contribution < 1.29 is 4.39 Å². The van der Waals surface area contributed by atoms with Crippen LogP contribution in [0, 0.1) is 11.2 Å². The first-order valence-electron chi connectivity index (χ1n) is 8.14. The van der Waals surface area contributed by atoms with Gasteiger partial charge in [-0.3, -0.25) is 4.79 Å². The predicted octanol–water partition coefficient (Wildman–Crippen LogP) is 3.47. The first-order chi connectivity index (χ1) is 11.4. The highest BCUT2D eigenvalue weighted by Gasteiger charge is 2.31. The van der Waals surface area contributed by atoms with Crippen molar-refractivity contribution in [3.05, 3.63) is 46.3 Å². The lowest BCUT2D eigenvalue weighted by Gasteiger charge is -2.29. The maximum Gasteiger partial charge on any atom is 0.253 e. The smallest absolute Gasteiger partial charge is 0.253 e. The van der Waals surface area contributed by atoms with Gasteiger partial charge in [0.2, 0.25) is 0 Å². The van der Waals surface area contributed by atoms with Crippen LogP contribution in [-0.2, 0) is 6.54 Å². The molecule has 1 aliphatic rings. The molecule has 0 bridgehead atoms. The third-order valence-corrected chi connectivity index (χ3v) is 5.95. The van der Waals surface area contributed by atoms with Crippen molar-refractivity contribution in [3.63, 3.8) is 0 Å². The van der Waals surface area contributed by atoms with Crippen molar-refractivity contribution in [2.75, 3.05) is 16.8 Å². The van der Waals surface area contributed by atoms with E-state index in [4.69, 9.17) is 0 Å². The molecule has 2 aromatic rings. The van der Waals surface area contributed by atoms with Crippen LogP contribution < -0.4 is 10.5 Å². The number of nitrogens with zero attached hydrogens (tertiary/aromatic N) is 3. The topological polar surface area (TPSA) is 53.9 Å². The minimum Gasteiger partial charge on any atom is -0.350 e. The van der Waals surface area contributed by atoms with E-state index in [2.05, 4.69) is 44.8 Å². The van der Waals surface area contributed by atoms with Crippen LogP contribution in [0.4, 0.5) is 10.2 Å². The summed E-state index contributed by atoms with van der Waals surface area (Å²) in [4.78, 5) is 16.8. The molecule has 24 heavy (non-hydrogen) atoms. The first kappa shape index (κ1) is 17.2. The van der Waals surface area contributed by atoms with Crippen LogP contribution >= 0.6 is 15.9 Å². The molecular formula is C17H22BrFN4O. The summed E-state index contributed by atoms with van der Waals surface area (Å²) in [5.74, 6) is 0.570. The van der Waals surface area contributed by atoms with Gasteiger partial charge in [0.05, 0.1) is 12.2 Å². The molecule has 130 valence electrons. The van der Waals surface area contributed by atoms with Crippen molar-refractivity contribution in [3.8, 4) is 0 Å². The summed E-state index contributed by atoms with van der Waals surface area (Å²) in [5, 5.41) is 5.32. The number of rotatable bonds is 5. The normalized spacial score (nSPS) is 18.3. The quantitative estimate of drug-likeness (QED) is 0.787. The molecule has 0 amide bonds. The van der Waals surface area contributed by atoms with Crippen molar-refractivity contribution in [1.29, 1.82) is 0 Å². The predicted molar refractivity (Wildman–Crippen MR) is 96.1 cm³/mol. The fourth-order valence-corrected chi connectivity index (χ4v) is 3.40. The molecular weight excluding hydrogens is 375 g/mol. The second kappa shape index (κ2) is 6.70. The number of alkyl halides is 1. The number of H-pyrrole nitrogens is 1. The van der Waals surface area contributed by atoms with Gasteiger partial charge in [0, 0.05) is 36.2 Å². The average Bonchev–Trinajstić information content (AvgIpc) is 3.18. The fourth-order valence-electron chi connectivity index (χ4n) is 3.22. The van der Waals surface area contributed by atoms with Gasteiger partial charge in [0.1, 0.15) is 11.6 Å². The molecule has 1 saturated heterocycles. The maximum absolute atomic E-state index is 13.6. The van der Waals surface area contributed by atoms with Crippen LogP contribution in [0.25, 0.3) is 0 Å². The minimum absolute atomic E-state index is 0.0618. The summed E-state index contributed by atoms with van der Waals surface area (Å²) in [7, 11) is 0. The van der Waals surface area contributed by atoms with Crippen LogP contribution in [0.3, 0.4) is 0 Å². The number of nitrogens with one attached hydrogen (secondary N) is 1. The SMILES string of the molecule is CC(C)(CBr)Cn1nccc1N1CCC[C@@H]1c1cc(F)c[nH]c1=O. The molecule has 5 nitrogen and oxygen atoms in total. The van der Waals surface area contributed by atoms with Gasteiger partial charge in [0.15, 0.2) is 0 Å². The second-order valence-electron chi connectivity index (χ2n) is 7.10. The van der Waals surface area contributed by atoms with Gasteiger partial charge in [-0.1, -0.05) is 29.8 Å². The largest absolute Gasteiger partial charge is 0.350 e. The van der Waals surface area contributed by atoms with Crippen LogP contribution in [0.2, 0.25) is 0 Å². The molecule has 3 rings (SSSR count). The van der Waals surface area contributed by atoms with Crippen molar-refractivity contribution in [2.45, 2.75) is 39.3 Å². The molecule has 0 aliphatic carbocycles. The van der Waals surface area contributed by atoms with Gasteiger partial charge in [-0.05, 0) is 24.3 Å². The van der Waals surface area contributed by atoms with Crippen LogP contribution in [0.15, 0.2) is 29.3 Å². The number of halogens is 2. The zero-order valence-corrected chi connectivity index (χ0v) is 15.5. The number of aromatic amines is 1. The van der Waals surface area contributed by atoms with E-state index in [-0.39, 0.29) is 17.0 Å². The van der Waals surface area contributed by atoms with E-state index >= 15 is 0 Å². The van der Waals surface area contributed by atoms with Gasteiger partial charge in [0.25, 0.3) is 5.56 Å². The molecule has 1 aliphatic heterocycles. The van der Waals surface area contributed by atoms with Crippen molar-refractivity contribution in [2.24, 2.45) is 5.41 Å². The summed E-state index contributed by atoms with van der Waals surface area (Å²) in [6, 6.07) is 3.20. The molecule has 0 unspecified atom stereocenters. The highest BCUT2D eigenvalue weighted by Crippen LogP contribution is 2.35. The zero-order valence-electron chi connectivity index (χ0n) is 13.9. The highest BCUT2D eigenvalue weighted by atomic mass is 79.9. The number of hydrogen-bond acceptors (Lipinski definition) is 3. The molecule has 0 aromatic carbocycles. The number of aromatic nitrogens is 3. The van der Waals surface area contributed by atoms with E-state index < -0.39 is 5.82 Å². The molecule has 1 N–H and O–H groups in total. The lowest BCUT2D eigenvalue weighted by atomic mass is 9.97. The Bertz CT molecular complexity index is 770. The highest BCUT2D eigenvalue weighted by molar-refractivity contribution is 9.09.